The maximum Gasteiger partial charge on any atom is 0.257 e. The molecule has 0 spiro atoms. The summed E-state index contributed by atoms with van der Waals surface area (Å²) in [6.07, 6.45) is 7.38. The lowest BCUT2D eigenvalue weighted by atomic mass is 10.0. The monoisotopic (exact) mass is 307 g/mol. The fourth-order valence-corrected chi connectivity index (χ4v) is 3.19. The predicted octanol–water partition coefficient (Wildman–Crippen LogP) is 1.73. The zero-order valence-corrected chi connectivity index (χ0v) is 12.6. The summed E-state index contributed by atoms with van der Waals surface area (Å²) in [4.78, 5) is 17.1. The number of benzene rings is 1. The summed E-state index contributed by atoms with van der Waals surface area (Å²) in [5.74, 6) is 0.326. The number of rotatable bonds is 2. The SMILES string of the molecule is Nc1nc(C2=CCNC=C2)nn1C(=O)C1CCc2ccccc21. The van der Waals surface area contributed by atoms with Crippen molar-refractivity contribution in [1.29, 1.82) is 0 Å². The van der Waals surface area contributed by atoms with E-state index in [-0.39, 0.29) is 17.8 Å². The molecule has 0 saturated heterocycles. The number of carbonyl (C=O) groups excluding carboxylic acids is 1. The molecule has 6 heteroatoms. The lowest BCUT2D eigenvalue weighted by Crippen LogP contribution is -2.21. The van der Waals surface area contributed by atoms with Crippen molar-refractivity contribution < 1.29 is 4.79 Å². The number of aromatic nitrogens is 3. The van der Waals surface area contributed by atoms with Gasteiger partial charge in [0.05, 0.1) is 5.92 Å². The highest BCUT2D eigenvalue weighted by atomic mass is 16.2. The molecule has 3 N–H and O–H groups in total. The van der Waals surface area contributed by atoms with Gasteiger partial charge in [-0.25, -0.2) is 0 Å². The van der Waals surface area contributed by atoms with Gasteiger partial charge in [0.1, 0.15) is 0 Å². The van der Waals surface area contributed by atoms with Crippen LogP contribution in [0.25, 0.3) is 5.57 Å². The maximum atomic E-state index is 12.9. The summed E-state index contributed by atoms with van der Waals surface area (Å²) in [6.45, 7) is 0.713. The van der Waals surface area contributed by atoms with Crippen molar-refractivity contribution in [3.8, 4) is 0 Å². The van der Waals surface area contributed by atoms with E-state index in [0.717, 1.165) is 24.0 Å². The van der Waals surface area contributed by atoms with Crippen LogP contribution in [0, 0.1) is 0 Å². The Morgan fingerprint density at radius 1 is 1.35 bits per heavy atom. The van der Waals surface area contributed by atoms with Gasteiger partial charge in [0.15, 0.2) is 5.82 Å². The smallest absolute Gasteiger partial charge is 0.257 e. The number of nitrogen functional groups attached to an aromatic ring is 1. The highest BCUT2D eigenvalue weighted by Gasteiger charge is 2.31. The van der Waals surface area contributed by atoms with Crippen molar-refractivity contribution in [3.05, 3.63) is 59.6 Å². The molecule has 0 bridgehead atoms. The molecule has 0 radical (unpaired) electrons. The Balaban J connectivity index is 1.66. The topological polar surface area (TPSA) is 85.8 Å². The van der Waals surface area contributed by atoms with Gasteiger partial charge in [-0.1, -0.05) is 30.3 Å². The van der Waals surface area contributed by atoms with Crippen LogP contribution in [0.2, 0.25) is 0 Å². The molecule has 1 atom stereocenters. The van der Waals surface area contributed by atoms with E-state index in [4.69, 9.17) is 5.73 Å². The normalized spacial score (nSPS) is 19.1. The third-order valence-electron chi connectivity index (χ3n) is 4.35. The molecule has 2 heterocycles. The standard InChI is InChI=1S/C17H17N5O/c18-17-20-15(12-7-9-19-10-8-12)21-22(17)16(23)14-6-5-11-3-1-2-4-13(11)14/h1-4,7-9,14,19H,5-6,10H2,(H2,18,20,21). The summed E-state index contributed by atoms with van der Waals surface area (Å²) in [5.41, 5.74) is 9.12. The first-order valence-corrected chi connectivity index (χ1v) is 7.69. The van der Waals surface area contributed by atoms with Gasteiger partial charge in [0, 0.05) is 12.1 Å². The molecule has 1 aliphatic heterocycles. The number of fused-ring (bicyclic) bond motifs is 1. The summed E-state index contributed by atoms with van der Waals surface area (Å²) in [6, 6.07) is 8.05. The minimum absolute atomic E-state index is 0.107. The molecular formula is C17H17N5O. The van der Waals surface area contributed by atoms with Crippen molar-refractivity contribution in [2.75, 3.05) is 12.3 Å². The van der Waals surface area contributed by atoms with E-state index in [1.807, 2.05) is 36.6 Å². The Morgan fingerprint density at radius 2 is 2.22 bits per heavy atom. The fraction of sp³-hybridized carbons (Fsp3) is 0.235. The third-order valence-corrected chi connectivity index (χ3v) is 4.35. The molecule has 0 saturated carbocycles. The van der Waals surface area contributed by atoms with Gasteiger partial charge >= 0.3 is 0 Å². The lowest BCUT2D eigenvalue weighted by molar-refractivity contribution is 0.0864. The van der Waals surface area contributed by atoms with E-state index < -0.39 is 0 Å². The molecule has 1 unspecified atom stereocenters. The lowest BCUT2D eigenvalue weighted by Gasteiger charge is -2.10. The van der Waals surface area contributed by atoms with Gasteiger partial charge in [0.2, 0.25) is 5.95 Å². The molecule has 6 nitrogen and oxygen atoms in total. The van der Waals surface area contributed by atoms with Crippen molar-refractivity contribution in [2.45, 2.75) is 18.8 Å². The Hall–Kier alpha value is -2.89. The highest BCUT2D eigenvalue weighted by molar-refractivity contribution is 5.88. The molecule has 1 aromatic heterocycles. The number of aryl methyl sites for hydroxylation is 1. The second kappa shape index (κ2) is 5.39. The van der Waals surface area contributed by atoms with Crippen LogP contribution in [0.5, 0.6) is 0 Å². The van der Waals surface area contributed by atoms with Gasteiger partial charge < -0.3 is 11.1 Å². The predicted molar refractivity (Wildman–Crippen MR) is 87.7 cm³/mol. The van der Waals surface area contributed by atoms with Crippen LogP contribution in [-0.4, -0.2) is 27.2 Å². The van der Waals surface area contributed by atoms with Gasteiger partial charge in [-0.05, 0) is 36.2 Å². The van der Waals surface area contributed by atoms with Crippen LogP contribution in [0.1, 0.15) is 34.1 Å². The second-order valence-electron chi connectivity index (χ2n) is 5.73. The fourth-order valence-electron chi connectivity index (χ4n) is 3.19. The minimum atomic E-state index is -0.194. The van der Waals surface area contributed by atoms with E-state index in [9.17, 15) is 4.79 Å². The third kappa shape index (κ3) is 2.32. The summed E-state index contributed by atoms with van der Waals surface area (Å²) in [5, 5.41) is 7.40. The van der Waals surface area contributed by atoms with Crippen LogP contribution in [0.3, 0.4) is 0 Å². The number of anilines is 1. The Labute approximate surface area is 133 Å². The largest absolute Gasteiger partial charge is 0.387 e. The van der Waals surface area contributed by atoms with Crippen LogP contribution < -0.4 is 11.1 Å². The van der Waals surface area contributed by atoms with Crippen LogP contribution in [0.15, 0.2) is 42.6 Å². The molecule has 0 fully saturated rings. The van der Waals surface area contributed by atoms with Gasteiger partial charge in [-0.3, -0.25) is 4.79 Å². The number of dihydropyridines is 1. The molecular weight excluding hydrogens is 290 g/mol. The molecule has 0 amide bonds. The van der Waals surface area contributed by atoms with Crippen LogP contribution in [-0.2, 0) is 6.42 Å². The number of hydrogen-bond acceptors (Lipinski definition) is 5. The summed E-state index contributed by atoms with van der Waals surface area (Å²) < 4.78 is 1.25. The van der Waals surface area contributed by atoms with Crippen molar-refractivity contribution in [2.24, 2.45) is 0 Å². The molecule has 116 valence electrons. The zero-order chi connectivity index (χ0) is 15.8. The molecule has 23 heavy (non-hydrogen) atoms. The molecule has 1 aliphatic carbocycles. The molecule has 2 aliphatic rings. The summed E-state index contributed by atoms with van der Waals surface area (Å²) >= 11 is 0. The van der Waals surface area contributed by atoms with Crippen LogP contribution in [0.4, 0.5) is 5.95 Å². The minimum Gasteiger partial charge on any atom is -0.387 e. The maximum absolute atomic E-state index is 12.9. The van der Waals surface area contributed by atoms with E-state index in [2.05, 4.69) is 21.5 Å². The summed E-state index contributed by atoms with van der Waals surface area (Å²) in [7, 11) is 0. The second-order valence-corrected chi connectivity index (χ2v) is 5.73. The number of allylic oxidation sites excluding steroid dienone is 2. The first-order chi connectivity index (χ1) is 11.2. The number of hydrogen-bond donors (Lipinski definition) is 2. The first-order valence-electron chi connectivity index (χ1n) is 7.69. The molecule has 4 rings (SSSR count). The average molecular weight is 307 g/mol. The average Bonchev–Trinajstić information content (AvgIpc) is 3.19. The number of nitrogens with two attached hydrogens (primary N) is 1. The van der Waals surface area contributed by atoms with E-state index >= 15 is 0 Å². The Morgan fingerprint density at radius 3 is 3.04 bits per heavy atom. The molecule has 1 aromatic carbocycles. The quantitative estimate of drug-likeness (QED) is 0.882. The van der Waals surface area contributed by atoms with E-state index in [1.54, 1.807) is 0 Å². The highest BCUT2D eigenvalue weighted by Crippen LogP contribution is 2.34. The number of nitrogens with one attached hydrogen (secondary N) is 1. The van der Waals surface area contributed by atoms with E-state index in [1.165, 1.54) is 10.2 Å². The van der Waals surface area contributed by atoms with E-state index in [0.29, 0.717) is 12.4 Å². The molecule has 2 aromatic rings. The van der Waals surface area contributed by atoms with Crippen molar-refractivity contribution >= 4 is 17.4 Å². The van der Waals surface area contributed by atoms with Gasteiger partial charge in [-0.15, -0.1) is 5.10 Å². The number of nitrogens with zero attached hydrogens (tertiary/aromatic N) is 3. The Kier molecular flexibility index (Phi) is 3.22. The van der Waals surface area contributed by atoms with Gasteiger partial charge in [0.25, 0.3) is 5.91 Å². The Bertz CT molecular complexity index is 833. The zero-order valence-electron chi connectivity index (χ0n) is 12.6. The van der Waals surface area contributed by atoms with Crippen LogP contribution >= 0.6 is 0 Å². The van der Waals surface area contributed by atoms with Gasteiger partial charge in [-0.2, -0.15) is 9.67 Å². The first kappa shape index (κ1) is 13.8. The number of carbonyl (C=O) groups is 1. The van der Waals surface area contributed by atoms with Crippen molar-refractivity contribution in [3.63, 3.8) is 0 Å². The van der Waals surface area contributed by atoms with Crippen molar-refractivity contribution in [1.82, 2.24) is 20.1 Å².